The first-order valence-electron chi connectivity index (χ1n) is 8.11. The van der Waals surface area contributed by atoms with E-state index in [-0.39, 0.29) is 30.3 Å². The van der Waals surface area contributed by atoms with Gasteiger partial charge in [-0.25, -0.2) is 0 Å². The maximum Gasteiger partial charge on any atom is 0.231 e. The molecule has 2 saturated carbocycles. The molecule has 0 aromatic carbocycles. The van der Waals surface area contributed by atoms with Gasteiger partial charge in [0, 0.05) is 32.2 Å². The quantitative estimate of drug-likeness (QED) is 0.725. The second-order valence-corrected chi connectivity index (χ2v) is 6.86. The van der Waals surface area contributed by atoms with Crippen LogP contribution in [0.1, 0.15) is 25.7 Å². The fraction of sp³-hybridized carbons (Fsp3) is 0.867. The normalized spacial score (nSPS) is 36.7. The molecule has 6 heteroatoms. The average Bonchev–Trinajstić information content (AvgIpc) is 2.93. The van der Waals surface area contributed by atoms with Crippen LogP contribution in [0.3, 0.4) is 0 Å². The largest absolute Gasteiger partial charge is 0.369 e. The number of rotatable bonds is 3. The van der Waals surface area contributed by atoms with Crippen LogP contribution in [0.25, 0.3) is 0 Å². The molecular weight excluding hydrogens is 268 g/mol. The third-order valence-electron chi connectivity index (χ3n) is 5.55. The Labute approximate surface area is 125 Å². The van der Waals surface area contributed by atoms with Crippen LogP contribution in [0, 0.1) is 17.8 Å². The van der Waals surface area contributed by atoms with Crippen molar-refractivity contribution < 1.29 is 9.59 Å². The second kappa shape index (κ2) is 5.93. The van der Waals surface area contributed by atoms with Gasteiger partial charge in [-0.15, -0.1) is 0 Å². The van der Waals surface area contributed by atoms with Gasteiger partial charge in [0.15, 0.2) is 0 Å². The molecule has 1 heterocycles. The Morgan fingerprint density at radius 2 is 1.81 bits per heavy atom. The lowest BCUT2D eigenvalue weighted by Gasteiger charge is -2.32. The van der Waals surface area contributed by atoms with Crippen LogP contribution >= 0.6 is 0 Å². The van der Waals surface area contributed by atoms with Gasteiger partial charge >= 0.3 is 0 Å². The molecule has 4 unspecified atom stereocenters. The van der Waals surface area contributed by atoms with Crippen molar-refractivity contribution in [2.24, 2.45) is 29.2 Å². The van der Waals surface area contributed by atoms with Crippen LogP contribution in [0.5, 0.6) is 0 Å². The number of hydrogen-bond acceptors (Lipinski definition) is 4. The zero-order valence-electron chi connectivity index (χ0n) is 12.5. The molecule has 0 aromatic rings. The number of amides is 2. The Morgan fingerprint density at radius 1 is 1.05 bits per heavy atom. The van der Waals surface area contributed by atoms with E-state index in [4.69, 9.17) is 11.5 Å². The fourth-order valence-electron chi connectivity index (χ4n) is 4.48. The Balaban J connectivity index is 1.59. The minimum atomic E-state index is -0.301. The topological polar surface area (TPSA) is 92.7 Å². The zero-order valence-corrected chi connectivity index (χ0v) is 12.5. The second-order valence-electron chi connectivity index (χ2n) is 6.86. The maximum atomic E-state index is 12.8. The van der Waals surface area contributed by atoms with Crippen LogP contribution in [0.15, 0.2) is 0 Å². The standard InChI is InChI=1S/C15H26N4O2/c16-12(20)9-18-4-1-5-19(7-6-18)15(21)13-10-2-3-11(8-10)14(13)17/h10-11,13-14H,1-9,17H2,(H2,16,20). The number of hydrogen-bond donors (Lipinski definition) is 2. The molecule has 118 valence electrons. The molecule has 3 rings (SSSR count). The van der Waals surface area contributed by atoms with Gasteiger partial charge in [-0.05, 0) is 37.5 Å². The molecule has 3 fully saturated rings. The van der Waals surface area contributed by atoms with Gasteiger partial charge in [0.05, 0.1) is 12.5 Å². The summed E-state index contributed by atoms with van der Waals surface area (Å²) in [7, 11) is 0. The summed E-state index contributed by atoms with van der Waals surface area (Å²) in [5.74, 6) is 1.04. The van der Waals surface area contributed by atoms with Gasteiger partial charge in [0.2, 0.25) is 11.8 Å². The molecule has 6 nitrogen and oxygen atoms in total. The van der Waals surface area contributed by atoms with Crippen LogP contribution in [-0.2, 0) is 9.59 Å². The molecule has 2 amide bonds. The van der Waals surface area contributed by atoms with Crippen molar-refractivity contribution in [1.29, 1.82) is 0 Å². The highest BCUT2D eigenvalue weighted by Gasteiger charge is 2.50. The summed E-state index contributed by atoms with van der Waals surface area (Å²) in [6.07, 6.45) is 4.40. The van der Waals surface area contributed by atoms with Crippen molar-refractivity contribution in [2.75, 3.05) is 32.7 Å². The number of fused-ring (bicyclic) bond motifs is 2. The van der Waals surface area contributed by atoms with Crippen molar-refractivity contribution in [3.05, 3.63) is 0 Å². The Morgan fingerprint density at radius 3 is 2.48 bits per heavy atom. The van der Waals surface area contributed by atoms with E-state index in [1.165, 1.54) is 6.42 Å². The van der Waals surface area contributed by atoms with E-state index in [9.17, 15) is 9.59 Å². The maximum absolute atomic E-state index is 12.8. The predicted octanol–water partition coefficient (Wildman–Crippen LogP) is -0.621. The first kappa shape index (κ1) is 14.8. The minimum absolute atomic E-state index is 0.0337. The fourth-order valence-corrected chi connectivity index (χ4v) is 4.48. The highest BCUT2D eigenvalue weighted by Crippen LogP contribution is 2.48. The highest BCUT2D eigenvalue weighted by atomic mass is 16.2. The predicted molar refractivity (Wildman–Crippen MR) is 79.1 cm³/mol. The van der Waals surface area contributed by atoms with Crippen molar-refractivity contribution in [3.63, 3.8) is 0 Å². The lowest BCUT2D eigenvalue weighted by Crippen LogP contribution is -2.48. The van der Waals surface area contributed by atoms with Crippen molar-refractivity contribution in [3.8, 4) is 0 Å². The van der Waals surface area contributed by atoms with Crippen LogP contribution < -0.4 is 11.5 Å². The van der Waals surface area contributed by atoms with E-state index >= 15 is 0 Å². The lowest BCUT2D eigenvalue weighted by atomic mass is 9.84. The number of nitrogens with two attached hydrogens (primary N) is 2. The third-order valence-corrected chi connectivity index (χ3v) is 5.55. The third kappa shape index (κ3) is 2.92. The van der Waals surface area contributed by atoms with Gasteiger partial charge in [0.1, 0.15) is 0 Å². The molecule has 0 spiro atoms. The summed E-state index contributed by atoms with van der Waals surface area (Å²) < 4.78 is 0. The van der Waals surface area contributed by atoms with E-state index in [1.54, 1.807) is 0 Å². The summed E-state index contributed by atoms with van der Waals surface area (Å²) >= 11 is 0. The van der Waals surface area contributed by atoms with Gasteiger partial charge < -0.3 is 16.4 Å². The summed E-state index contributed by atoms with van der Waals surface area (Å²) in [6, 6.07) is 0.0567. The summed E-state index contributed by atoms with van der Waals surface area (Å²) in [5, 5.41) is 0. The van der Waals surface area contributed by atoms with Crippen molar-refractivity contribution >= 4 is 11.8 Å². The number of carbonyl (C=O) groups excluding carboxylic acids is 2. The monoisotopic (exact) mass is 294 g/mol. The van der Waals surface area contributed by atoms with Gasteiger partial charge in [-0.1, -0.05) is 0 Å². The smallest absolute Gasteiger partial charge is 0.231 e. The molecule has 21 heavy (non-hydrogen) atoms. The van der Waals surface area contributed by atoms with E-state index in [0.29, 0.717) is 18.4 Å². The minimum Gasteiger partial charge on any atom is -0.369 e. The van der Waals surface area contributed by atoms with Crippen LogP contribution in [0.2, 0.25) is 0 Å². The SMILES string of the molecule is NC(=O)CN1CCCN(C(=O)C2C3CCC(C3)C2N)CC1. The molecule has 1 saturated heterocycles. The number of carbonyl (C=O) groups is 2. The highest BCUT2D eigenvalue weighted by molar-refractivity contribution is 5.80. The van der Waals surface area contributed by atoms with Crippen molar-refractivity contribution in [1.82, 2.24) is 9.80 Å². The van der Waals surface area contributed by atoms with E-state index < -0.39 is 0 Å². The van der Waals surface area contributed by atoms with Gasteiger partial charge in [-0.3, -0.25) is 14.5 Å². The molecule has 3 aliphatic rings. The summed E-state index contributed by atoms with van der Waals surface area (Å²) in [5.41, 5.74) is 11.5. The first-order chi connectivity index (χ1) is 10.1. The lowest BCUT2D eigenvalue weighted by molar-refractivity contribution is -0.137. The molecule has 4 atom stereocenters. The van der Waals surface area contributed by atoms with E-state index in [0.717, 1.165) is 38.9 Å². The molecule has 1 aliphatic heterocycles. The molecule has 2 aliphatic carbocycles. The first-order valence-corrected chi connectivity index (χ1v) is 8.11. The number of nitrogens with zero attached hydrogens (tertiary/aromatic N) is 2. The molecule has 4 N–H and O–H groups in total. The molecule has 0 aromatic heterocycles. The van der Waals surface area contributed by atoms with E-state index in [1.807, 2.05) is 9.80 Å². The van der Waals surface area contributed by atoms with Crippen molar-refractivity contribution in [2.45, 2.75) is 31.7 Å². The summed E-state index contributed by atoms with van der Waals surface area (Å²) in [6.45, 7) is 3.30. The number of primary amides is 1. The molecular formula is C15H26N4O2. The van der Waals surface area contributed by atoms with E-state index in [2.05, 4.69) is 0 Å². The van der Waals surface area contributed by atoms with Gasteiger partial charge in [-0.2, -0.15) is 0 Å². The zero-order chi connectivity index (χ0) is 15.0. The Bertz CT molecular complexity index is 426. The van der Waals surface area contributed by atoms with Gasteiger partial charge in [0.25, 0.3) is 0 Å². The van der Waals surface area contributed by atoms with Crippen LogP contribution in [0.4, 0.5) is 0 Å². The molecule has 2 bridgehead atoms. The molecule has 0 radical (unpaired) electrons. The Kier molecular flexibility index (Phi) is 4.17. The Hall–Kier alpha value is -1.14. The average molecular weight is 294 g/mol. The summed E-state index contributed by atoms with van der Waals surface area (Å²) in [4.78, 5) is 27.8. The van der Waals surface area contributed by atoms with Crippen LogP contribution in [-0.4, -0.2) is 60.4 Å².